The molecule has 78 valence electrons. The number of aromatic nitrogens is 2. The van der Waals surface area contributed by atoms with Crippen molar-refractivity contribution >= 4 is 6.01 Å². The Labute approximate surface area is 83.1 Å². The fraction of sp³-hybridized carbons (Fsp3) is 0.778. The van der Waals surface area contributed by atoms with Crippen molar-refractivity contribution in [3.05, 3.63) is 5.82 Å². The van der Waals surface area contributed by atoms with Crippen LogP contribution in [-0.2, 0) is 0 Å². The molecule has 2 unspecified atom stereocenters. The molecule has 2 atom stereocenters. The van der Waals surface area contributed by atoms with Gasteiger partial charge in [-0.3, -0.25) is 0 Å². The van der Waals surface area contributed by atoms with E-state index in [1.165, 1.54) is 12.8 Å². The largest absolute Gasteiger partial charge is 0.333 e. The van der Waals surface area contributed by atoms with Crippen LogP contribution in [0.3, 0.4) is 0 Å². The number of aryl methyl sites for hydroxylation is 1. The van der Waals surface area contributed by atoms with Crippen LogP contribution < -0.4 is 11.1 Å². The predicted octanol–water partition coefficient (Wildman–Crippen LogP) is 1.06. The number of nitrogens with one attached hydrogen (secondary N) is 1. The van der Waals surface area contributed by atoms with Crippen LogP contribution in [0, 0.1) is 6.92 Å². The van der Waals surface area contributed by atoms with Crippen LogP contribution in [0.15, 0.2) is 4.52 Å². The Hall–Kier alpha value is -1.10. The summed E-state index contributed by atoms with van der Waals surface area (Å²) in [5.41, 5.74) is 5.98. The smallest absolute Gasteiger partial charge is 0.321 e. The average molecular weight is 196 g/mol. The molecule has 0 amide bonds. The maximum atomic E-state index is 5.98. The molecule has 5 heteroatoms. The van der Waals surface area contributed by atoms with Crippen LogP contribution in [0.5, 0.6) is 0 Å². The lowest BCUT2D eigenvalue weighted by atomic mass is 9.91. The lowest BCUT2D eigenvalue weighted by Crippen LogP contribution is -2.42. The second kappa shape index (κ2) is 3.96. The number of hydrogen-bond donors (Lipinski definition) is 2. The van der Waals surface area contributed by atoms with Crippen LogP contribution in [0.4, 0.5) is 6.01 Å². The van der Waals surface area contributed by atoms with E-state index in [1.807, 2.05) is 0 Å². The highest BCUT2D eigenvalue weighted by Gasteiger charge is 2.22. The van der Waals surface area contributed by atoms with E-state index in [1.54, 1.807) is 6.92 Å². The molecule has 0 saturated heterocycles. The van der Waals surface area contributed by atoms with Crippen molar-refractivity contribution in [1.82, 2.24) is 10.1 Å². The SMILES string of the molecule is Cc1noc(NC2CCCCC2N)n1. The molecule has 1 fully saturated rings. The molecular weight excluding hydrogens is 180 g/mol. The molecule has 0 bridgehead atoms. The van der Waals surface area contributed by atoms with Gasteiger partial charge in [-0.1, -0.05) is 18.0 Å². The maximum Gasteiger partial charge on any atom is 0.321 e. The highest BCUT2D eigenvalue weighted by molar-refractivity contribution is 5.21. The monoisotopic (exact) mass is 196 g/mol. The zero-order chi connectivity index (χ0) is 9.97. The molecule has 2 rings (SSSR count). The molecule has 5 nitrogen and oxygen atoms in total. The predicted molar refractivity (Wildman–Crippen MR) is 52.9 cm³/mol. The van der Waals surface area contributed by atoms with Gasteiger partial charge in [0.1, 0.15) is 0 Å². The van der Waals surface area contributed by atoms with Crippen molar-refractivity contribution in [2.75, 3.05) is 5.32 Å². The van der Waals surface area contributed by atoms with Gasteiger partial charge in [0.15, 0.2) is 5.82 Å². The molecule has 3 N–H and O–H groups in total. The minimum Gasteiger partial charge on any atom is -0.333 e. The van der Waals surface area contributed by atoms with Gasteiger partial charge in [-0.15, -0.1) is 0 Å². The Kier molecular flexibility index (Phi) is 2.67. The summed E-state index contributed by atoms with van der Waals surface area (Å²) in [6.45, 7) is 1.80. The molecule has 0 aromatic carbocycles. The highest BCUT2D eigenvalue weighted by atomic mass is 16.5. The van der Waals surface area contributed by atoms with Crippen LogP contribution in [0.1, 0.15) is 31.5 Å². The van der Waals surface area contributed by atoms with E-state index in [9.17, 15) is 0 Å². The van der Waals surface area contributed by atoms with E-state index in [2.05, 4.69) is 15.5 Å². The Morgan fingerprint density at radius 3 is 2.86 bits per heavy atom. The zero-order valence-corrected chi connectivity index (χ0v) is 8.36. The van der Waals surface area contributed by atoms with Crippen molar-refractivity contribution < 1.29 is 4.52 Å². The van der Waals surface area contributed by atoms with Gasteiger partial charge in [-0.2, -0.15) is 4.98 Å². The van der Waals surface area contributed by atoms with Crippen molar-refractivity contribution in [2.45, 2.75) is 44.7 Å². The Morgan fingerprint density at radius 2 is 2.21 bits per heavy atom. The van der Waals surface area contributed by atoms with Crippen LogP contribution in [0.25, 0.3) is 0 Å². The van der Waals surface area contributed by atoms with Crippen LogP contribution in [0.2, 0.25) is 0 Å². The summed E-state index contributed by atoms with van der Waals surface area (Å²) in [4.78, 5) is 4.09. The summed E-state index contributed by atoms with van der Waals surface area (Å²) in [7, 11) is 0. The molecule has 1 aromatic heterocycles. The van der Waals surface area contributed by atoms with Gasteiger partial charge in [-0.25, -0.2) is 0 Å². The minimum absolute atomic E-state index is 0.205. The van der Waals surface area contributed by atoms with Gasteiger partial charge >= 0.3 is 6.01 Å². The Morgan fingerprint density at radius 1 is 1.43 bits per heavy atom. The van der Waals surface area contributed by atoms with Crippen molar-refractivity contribution in [1.29, 1.82) is 0 Å². The molecule has 0 aliphatic heterocycles. The van der Waals surface area contributed by atoms with E-state index < -0.39 is 0 Å². The summed E-state index contributed by atoms with van der Waals surface area (Å²) in [5, 5.41) is 6.90. The van der Waals surface area contributed by atoms with Crippen LogP contribution >= 0.6 is 0 Å². The minimum atomic E-state index is 0.205. The number of rotatable bonds is 2. The Balaban J connectivity index is 1.95. The third kappa shape index (κ3) is 2.04. The molecule has 1 aliphatic rings. The highest BCUT2D eigenvalue weighted by Crippen LogP contribution is 2.20. The third-order valence-electron chi connectivity index (χ3n) is 2.66. The third-order valence-corrected chi connectivity index (χ3v) is 2.66. The van der Waals surface area contributed by atoms with E-state index in [-0.39, 0.29) is 12.1 Å². The van der Waals surface area contributed by atoms with Crippen molar-refractivity contribution in [3.63, 3.8) is 0 Å². The first-order valence-corrected chi connectivity index (χ1v) is 5.08. The molecule has 0 radical (unpaired) electrons. The molecule has 1 aromatic rings. The first-order chi connectivity index (χ1) is 6.75. The quantitative estimate of drug-likeness (QED) is 0.739. The fourth-order valence-electron chi connectivity index (χ4n) is 1.85. The summed E-state index contributed by atoms with van der Waals surface area (Å²) >= 11 is 0. The van der Waals surface area contributed by atoms with Gasteiger partial charge in [0.2, 0.25) is 0 Å². The first-order valence-electron chi connectivity index (χ1n) is 5.08. The molecule has 1 aliphatic carbocycles. The molecular formula is C9H16N4O. The molecule has 1 heterocycles. The first kappa shape index (κ1) is 9.45. The molecule has 14 heavy (non-hydrogen) atoms. The zero-order valence-electron chi connectivity index (χ0n) is 8.36. The maximum absolute atomic E-state index is 5.98. The molecule has 0 spiro atoms. The normalized spacial score (nSPS) is 27.6. The standard InChI is InChI=1S/C9H16N4O/c1-6-11-9(14-13-6)12-8-5-3-2-4-7(8)10/h7-8H,2-5,10H2,1H3,(H,11,12,13). The number of nitrogens with two attached hydrogens (primary N) is 1. The van der Waals surface area contributed by atoms with Crippen molar-refractivity contribution in [2.24, 2.45) is 5.73 Å². The fourth-order valence-corrected chi connectivity index (χ4v) is 1.85. The van der Waals surface area contributed by atoms with E-state index in [4.69, 9.17) is 10.3 Å². The second-order valence-electron chi connectivity index (χ2n) is 3.85. The molecule has 1 saturated carbocycles. The number of anilines is 1. The van der Waals surface area contributed by atoms with E-state index >= 15 is 0 Å². The van der Waals surface area contributed by atoms with Gasteiger partial charge in [0.05, 0.1) is 0 Å². The topological polar surface area (TPSA) is 77.0 Å². The summed E-state index contributed by atoms with van der Waals surface area (Å²) < 4.78 is 4.99. The van der Waals surface area contributed by atoms with E-state index in [0.29, 0.717) is 11.8 Å². The van der Waals surface area contributed by atoms with Gasteiger partial charge < -0.3 is 15.6 Å². The summed E-state index contributed by atoms with van der Waals surface area (Å²) in [5.74, 6) is 0.650. The van der Waals surface area contributed by atoms with Gasteiger partial charge in [0.25, 0.3) is 0 Å². The Bertz CT molecular complexity index is 299. The number of hydrogen-bond acceptors (Lipinski definition) is 5. The lowest BCUT2D eigenvalue weighted by molar-refractivity contribution is 0.378. The second-order valence-corrected chi connectivity index (χ2v) is 3.85. The van der Waals surface area contributed by atoms with Gasteiger partial charge in [-0.05, 0) is 19.8 Å². The van der Waals surface area contributed by atoms with E-state index in [0.717, 1.165) is 12.8 Å². The van der Waals surface area contributed by atoms with Crippen molar-refractivity contribution in [3.8, 4) is 0 Å². The van der Waals surface area contributed by atoms with Gasteiger partial charge in [0, 0.05) is 12.1 Å². The average Bonchev–Trinajstić information content (AvgIpc) is 2.56. The number of nitrogens with zero attached hydrogens (tertiary/aromatic N) is 2. The van der Waals surface area contributed by atoms with Crippen LogP contribution in [-0.4, -0.2) is 22.2 Å². The summed E-state index contributed by atoms with van der Waals surface area (Å²) in [6.07, 6.45) is 4.61. The lowest BCUT2D eigenvalue weighted by Gasteiger charge is -2.28. The summed E-state index contributed by atoms with van der Waals surface area (Å²) in [6, 6.07) is 0.976.